The summed E-state index contributed by atoms with van der Waals surface area (Å²) >= 11 is 0. The maximum atomic E-state index is 12.4. The van der Waals surface area contributed by atoms with Gasteiger partial charge in [0.05, 0.1) is 16.0 Å². The van der Waals surface area contributed by atoms with E-state index < -0.39 is 10.8 Å². The van der Waals surface area contributed by atoms with Crippen molar-refractivity contribution in [2.24, 2.45) is 10.2 Å². The number of hydrogen-bond donors (Lipinski definition) is 1. The van der Waals surface area contributed by atoms with Crippen molar-refractivity contribution in [2.75, 3.05) is 0 Å². The number of aryl methyl sites for hydroxylation is 1. The molecular weight excluding hydrogens is 336 g/mol. The van der Waals surface area contributed by atoms with Gasteiger partial charge in [0.1, 0.15) is 0 Å². The summed E-state index contributed by atoms with van der Waals surface area (Å²) in [5, 5.41) is 29.7. The fourth-order valence-electron chi connectivity index (χ4n) is 2.89. The lowest BCUT2D eigenvalue weighted by atomic mass is 10.1. The second-order valence-corrected chi connectivity index (χ2v) is 5.65. The molecule has 0 aliphatic heterocycles. The van der Waals surface area contributed by atoms with Crippen LogP contribution in [0, 0.1) is 17.0 Å². The Bertz CT molecular complexity index is 1050. The van der Waals surface area contributed by atoms with Crippen molar-refractivity contribution in [3.63, 3.8) is 0 Å². The number of benzene rings is 2. The molecule has 26 heavy (non-hydrogen) atoms. The molecule has 0 saturated heterocycles. The number of carbonyl (C=O) groups excluding carboxylic acids is 1. The van der Waals surface area contributed by atoms with Crippen molar-refractivity contribution >= 4 is 28.2 Å². The molecule has 132 valence electrons. The first-order valence-electron chi connectivity index (χ1n) is 7.96. The van der Waals surface area contributed by atoms with Gasteiger partial charge in [-0.1, -0.05) is 24.3 Å². The number of nitro benzene ring substituents is 1. The van der Waals surface area contributed by atoms with E-state index in [9.17, 15) is 20.0 Å². The van der Waals surface area contributed by atoms with Crippen molar-refractivity contribution < 1.29 is 14.8 Å². The van der Waals surface area contributed by atoms with Crippen LogP contribution in [0.3, 0.4) is 0 Å². The number of nitrogens with zero attached hydrogens (tertiary/aromatic N) is 4. The second-order valence-electron chi connectivity index (χ2n) is 5.65. The maximum Gasteiger partial charge on any atom is 0.295 e. The van der Waals surface area contributed by atoms with Crippen molar-refractivity contribution in [3.05, 3.63) is 63.7 Å². The highest BCUT2D eigenvalue weighted by Gasteiger charge is 2.19. The number of azo groups is 1. The zero-order chi connectivity index (χ0) is 18.8. The zero-order valence-electron chi connectivity index (χ0n) is 14.2. The van der Waals surface area contributed by atoms with E-state index in [1.165, 1.54) is 25.1 Å². The van der Waals surface area contributed by atoms with Crippen LogP contribution in [0.4, 0.5) is 11.4 Å². The number of fused-ring (bicyclic) bond motifs is 1. The quantitative estimate of drug-likeness (QED) is 0.423. The fourth-order valence-corrected chi connectivity index (χ4v) is 2.89. The summed E-state index contributed by atoms with van der Waals surface area (Å²) < 4.78 is 1.66. The highest BCUT2D eigenvalue weighted by atomic mass is 16.6. The Hall–Kier alpha value is -3.55. The van der Waals surface area contributed by atoms with Crippen LogP contribution < -0.4 is 0 Å². The molecule has 0 spiro atoms. The van der Waals surface area contributed by atoms with Gasteiger partial charge in [-0.05, 0) is 26.0 Å². The van der Waals surface area contributed by atoms with Gasteiger partial charge in [0.25, 0.3) is 11.6 Å². The van der Waals surface area contributed by atoms with Crippen LogP contribution in [-0.4, -0.2) is 20.5 Å². The summed E-state index contributed by atoms with van der Waals surface area (Å²) in [6.45, 7) is 3.89. The number of amides is 1. The van der Waals surface area contributed by atoms with E-state index in [0.717, 1.165) is 5.52 Å². The Morgan fingerprint density at radius 3 is 2.65 bits per heavy atom. The predicted molar refractivity (Wildman–Crippen MR) is 96.0 cm³/mol. The molecule has 0 fully saturated rings. The molecule has 1 N–H and O–H groups in total. The number of aromatic nitrogens is 1. The molecule has 8 nitrogen and oxygen atoms in total. The van der Waals surface area contributed by atoms with Crippen LogP contribution in [-0.2, 0) is 6.54 Å². The van der Waals surface area contributed by atoms with E-state index in [1.807, 2.05) is 19.1 Å². The third kappa shape index (κ3) is 2.81. The minimum Gasteiger partial charge on any atom is -0.493 e. The van der Waals surface area contributed by atoms with Gasteiger partial charge in [0, 0.05) is 23.6 Å². The number of rotatable bonds is 4. The van der Waals surface area contributed by atoms with Gasteiger partial charge in [-0.2, -0.15) is 0 Å². The van der Waals surface area contributed by atoms with Crippen LogP contribution in [0.5, 0.6) is 5.88 Å². The summed E-state index contributed by atoms with van der Waals surface area (Å²) in [6.07, 6.45) is 0. The molecular formula is C18H16N4O4. The number of carbonyl (C=O) groups is 1. The van der Waals surface area contributed by atoms with Gasteiger partial charge in [0.2, 0.25) is 5.88 Å². The predicted octanol–water partition coefficient (Wildman–Crippen LogP) is 4.51. The molecule has 0 saturated carbocycles. The van der Waals surface area contributed by atoms with Crippen molar-refractivity contribution in [2.45, 2.75) is 20.4 Å². The number of para-hydroxylation sites is 1. The summed E-state index contributed by atoms with van der Waals surface area (Å²) in [7, 11) is 0. The average Bonchev–Trinajstić information content (AvgIpc) is 2.90. The minimum absolute atomic E-state index is 0.0824. The van der Waals surface area contributed by atoms with Crippen molar-refractivity contribution in [1.29, 1.82) is 0 Å². The van der Waals surface area contributed by atoms with Gasteiger partial charge >= 0.3 is 0 Å². The topological polar surface area (TPSA) is 110 Å². The van der Waals surface area contributed by atoms with Crippen LogP contribution >= 0.6 is 0 Å². The largest absolute Gasteiger partial charge is 0.493 e. The van der Waals surface area contributed by atoms with Gasteiger partial charge in [-0.3, -0.25) is 14.9 Å². The first-order valence-corrected chi connectivity index (χ1v) is 7.96. The minimum atomic E-state index is -0.709. The molecule has 0 radical (unpaired) electrons. The smallest absolute Gasteiger partial charge is 0.295 e. The Labute approximate surface area is 148 Å². The highest BCUT2D eigenvalue weighted by Crippen LogP contribution is 2.38. The molecule has 0 bridgehead atoms. The van der Waals surface area contributed by atoms with Gasteiger partial charge in [0.15, 0.2) is 5.69 Å². The summed E-state index contributed by atoms with van der Waals surface area (Å²) in [6, 6.07) is 11.5. The monoisotopic (exact) mass is 352 g/mol. The van der Waals surface area contributed by atoms with Gasteiger partial charge in [-0.15, -0.1) is 10.2 Å². The van der Waals surface area contributed by atoms with Gasteiger partial charge in [-0.25, -0.2) is 0 Å². The molecule has 8 heteroatoms. The Morgan fingerprint density at radius 2 is 1.96 bits per heavy atom. The maximum absolute atomic E-state index is 12.4. The summed E-state index contributed by atoms with van der Waals surface area (Å²) in [5.74, 6) is -0.792. The van der Waals surface area contributed by atoms with Crippen molar-refractivity contribution in [1.82, 2.24) is 4.57 Å². The Kier molecular flexibility index (Phi) is 4.49. The first kappa shape index (κ1) is 17.3. The molecule has 0 unspecified atom stereocenters. The molecule has 0 aliphatic rings. The van der Waals surface area contributed by atoms with E-state index in [4.69, 9.17) is 0 Å². The van der Waals surface area contributed by atoms with E-state index >= 15 is 0 Å². The van der Waals surface area contributed by atoms with E-state index in [0.29, 0.717) is 11.9 Å². The SMILES string of the molecule is CCn1c(O)c(N=NC(=O)c2cccc([N+](=O)[O-])c2C)c2ccccc21. The summed E-state index contributed by atoms with van der Waals surface area (Å²) in [5.41, 5.74) is 1.14. The molecule has 1 amide bonds. The lowest BCUT2D eigenvalue weighted by Crippen LogP contribution is -2.01. The molecule has 0 atom stereocenters. The number of nitro groups is 1. The Balaban J connectivity index is 2.03. The van der Waals surface area contributed by atoms with Crippen LogP contribution in [0.25, 0.3) is 10.9 Å². The number of hydrogen-bond acceptors (Lipinski definition) is 5. The van der Waals surface area contributed by atoms with Crippen LogP contribution in [0.15, 0.2) is 52.7 Å². The zero-order valence-corrected chi connectivity index (χ0v) is 14.2. The number of aromatic hydroxyl groups is 1. The third-order valence-corrected chi connectivity index (χ3v) is 4.21. The van der Waals surface area contributed by atoms with Crippen LogP contribution in [0.1, 0.15) is 22.8 Å². The third-order valence-electron chi connectivity index (χ3n) is 4.21. The summed E-state index contributed by atoms with van der Waals surface area (Å²) in [4.78, 5) is 22.8. The van der Waals surface area contributed by atoms with Crippen LogP contribution in [0.2, 0.25) is 0 Å². The van der Waals surface area contributed by atoms with E-state index in [1.54, 1.807) is 16.7 Å². The molecule has 3 aromatic rings. The standard InChI is InChI=1S/C18H16N4O4/c1-3-21-15-9-5-4-7-13(15)16(18(21)24)19-20-17(23)12-8-6-10-14(11(12)2)22(25)26/h4-10,24H,3H2,1-2H3. The lowest BCUT2D eigenvalue weighted by molar-refractivity contribution is -0.385. The van der Waals surface area contributed by atoms with E-state index in [-0.39, 0.29) is 28.4 Å². The Morgan fingerprint density at radius 1 is 1.23 bits per heavy atom. The molecule has 1 heterocycles. The second kappa shape index (κ2) is 6.75. The van der Waals surface area contributed by atoms with Crippen molar-refractivity contribution in [3.8, 4) is 5.88 Å². The van der Waals surface area contributed by atoms with Gasteiger partial charge < -0.3 is 9.67 Å². The molecule has 3 rings (SSSR count). The molecule has 0 aliphatic carbocycles. The lowest BCUT2D eigenvalue weighted by Gasteiger charge is -2.02. The normalized spacial score (nSPS) is 11.3. The van der Waals surface area contributed by atoms with E-state index in [2.05, 4.69) is 10.2 Å². The highest BCUT2D eigenvalue weighted by molar-refractivity contribution is 5.98. The average molecular weight is 352 g/mol. The molecule has 1 aromatic heterocycles. The fraction of sp³-hybridized carbons (Fsp3) is 0.167. The molecule has 2 aromatic carbocycles. The first-order chi connectivity index (χ1) is 12.5.